The van der Waals surface area contributed by atoms with E-state index in [1.54, 1.807) is 11.6 Å². The van der Waals surface area contributed by atoms with Gasteiger partial charge in [0.15, 0.2) is 11.5 Å². The average Bonchev–Trinajstić information content (AvgIpc) is 3.35. The van der Waals surface area contributed by atoms with E-state index in [1.165, 1.54) is 12.8 Å². The normalized spacial score (nSPS) is 13.9. The average molecular weight is 365 g/mol. The van der Waals surface area contributed by atoms with Crippen LogP contribution >= 0.6 is 0 Å². The smallest absolute Gasteiger partial charge is 0.272 e. The number of aromatic nitrogens is 3. The summed E-state index contributed by atoms with van der Waals surface area (Å²) in [7, 11) is 1.62. The van der Waals surface area contributed by atoms with Gasteiger partial charge in [0.05, 0.1) is 19.0 Å². The van der Waals surface area contributed by atoms with Crippen LogP contribution < -0.4 is 15.0 Å². The Kier molecular flexibility index (Phi) is 4.66. The van der Waals surface area contributed by atoms with Crippen molar-refractivity contribution in [3.05, 3.63) is 53.5 Å². The quantitative estimate of drug-likeness (QED) is 0.752. The number of methoxy groups -OCH3 is 1. The zero-order valence-electron chi connectivity index (χ0n) is 15.6. The summed E-state index contributed by atoms with van der Waals surface area (Å²) < 4.78 is 7.09. The SMILES string of the molecule is COc1ccccc1CNC(=O)c1cc2c(N3CCCC3)nc(C)cn2n1. The summed E-state index contributed by atoms with van der Waals surface area (Å²) in [5, 5.41) is 7.39. The molecule has 1 aromatic carbocycles. The van der Waals surface area contributed by atoms with Crippen LogP contribution in [0.25, 0.3) is 5.52 Å². The molecule has 0 aliphatic carbocycles. The van der Waals surface area contributed by atoms with Gasteiger partial charge >= 0.3 is 0 Å². The van der Waals surface area contributed by atoms with E-state index in [4.69, 9.17) is 4.74 Å². The number of para-hydroxylation sites is 1. The van der Waals surface area contributed by atoms with E-state index in [1.807, 2.05) is 43.5 Å². The minimum atomic E-state index is -0.213. The molecule has 1 aliphatic heterocycles. The summed E-state index contributed by atoms with van der Waals surface area (Å²) in [4.78, 5) is 19.6. The first-order chi connectivity index (χ1) is 13.2. The highest BCUT2D eigenvalue weighted by Gasteiger charge is 2.20. The second-order valence-corrected chi connectivity index (χ2v) is 6.75. The highest BCUT2D eigenvalue weighted by atomic mass is 16.5. The van der Waals surface area contributed by atoms with E-state index in [0.717, 1.165) is 41.4 Å². The predicted octanol–water partition coefficient (Wildman–Crippen LogP) is 2.58. The molecule has 140 valence electrons. The standard InChI is InChI=1S/C20H23N5O2/c1-14-13-25-17(19(22-14)24-9-5-6-10-24)11-16(23-25)20(26)21-12-15-7-3-4-8-18(15)27-2/h3-4,7-8,11,13H,5-6,9-10,12H2,1-2H3,(H,21,26). The van der Waals surface area contributed by atoms with E-state index in [-0.39, 0.29) is 5.91 Å². The minimum absolute atomic E-state index is 0.213. The third kappa shape index (κ3) is 3.45. The van der Waals surface area contributed by atoms with Crippen LogP contribution in [0.3, 0.4) is 0 Å². The number of benzene rings is 1. The van der Waals surface area contributed by atoms with Crippen molar-refractivity contribution in [3.63, 3.8) is 0 Å². The van der Waals surface area contributed by atoms with Gasteiger partial charge in [0.1, 0.15) is 11.3 Å². The van der Waals surface area contributed by atoms with Gasteiger partial charge in [0.25, 0.3) is 5.91 Å². The van der Waals surface area contributed by atoms with Gasteiger partial charge in [-0.3, -0.25) is 4.79 Å². The summed E-state index contributed by atoms with van der Waals surface area (Å²) in [6.07, 6.45) is 4.19. The fourth-order valence-electron chi connectivity index (χ4n) is 3.48. The first kappa shape index (κ1) is 17.3. The molecule has 1 saturated heterocycles. The van der Waals surface area contributed by atoms with Crippen LogP contribution in [0, 0.1) is 6.92 Å². The van der Waals surface area contributed by atoms with Crippen molar-refractivity contribution in [1.82, 2.24) is 19.9 Å². The molecule has 0 bridgehead atoms. The van der Waals surface area contributed by atoms with E-state index in [0.29, 0.717) is 12.2 Å². The predicted molar refractivity (Wildman–Crippen MR) is 103 cm³/mol. The van der Waals surface area contributed by atoms with Crippen molar-refractivity contribution in [3.8, 4) is 5.75 Å². The molecule has 3 aromatic rings. The number of aryl methyl sites for hydroxylation is 1. The van der Waals surface area contributed by atoms with Crippen LogP contribution in [-0.4, -0.2) is 40.7 Å². The molecule has 1 N–H and O–H groups in total. The lowest BCUT2D eigenvalue weighted by atomic mass is 10.2. The molecule has 7 heteroatoms. The van der Waals surface area contributed by atoms with Gasteiger partial charge in [-0.25, -0.2) is 9.50 Å². The molecule has 0 unspecified atom stereocenters. The third-order valence-corrected chi connectivity index (χ3v) is 4.83. The summed E-state index contributed by atoms with van der Waals surface area (Å²) in [6.45, 7) is 4.31. The number of ether oxygens (including phenoxy) is 1. The number of fused-ring (bicyclic) bond motifs is 1. The number of carbonyl (C=O) groups is 1. The first-order valence-electron chi connectivity index (χ1n) is 9.18. The van der Waals surface area contributed by atoms with Crippen LogP contribution in [0.2, 0.25) is 0 Å². The number of anilines is 1. The number of amides is 1. The van der Waals surface area contributed by atoms with Gasteiger partial charge in [-0.05, 0) is 25.8 Å². The molecule has 0 radical (unpaired) electrons. The first-order valence-corrected chi connectivity index (χ1v) is 9.18. The van der Waals surface area contributed by atoms with Crippen molar-refractivity contribution in [2.75, 3.05) is 25.1 Å². The van der Waals surface area contributed by atoms with Crippen LogP contribution in [0.15, 0.2) is 36.5 Å². The summed E-state index contributed by atoms with van der Waals surface area (Å²) in [5.41, 5.74) is 3.06. The van der Waals surface area contributed by atoms with Crippen molar-refractivity contribution >= 4 is 17.2 Å². The lowest BCUT2D eigenvalue weighted by Crippen LogP contribution is -2.23. The van der Waals surface area contributed by atoms with Crippen LogP contribution in [-0.2, 0) is 6.54 Å². The number of rotatable bonds is 5. The Morgan fingerprint density at radius 3 is 2.81 bits per heavy atom. The van der Waals surface area contributed by atoms with Crippen LogP contribution in [0.1, 0.15) is 34.6 Å². The highest BCUT2D eigenvalue weighted by molar-refractivity contribution is 5.94. The summed E-state index contributed by atoms with van der Waals surface area (Å²) in [6, 6.07) is 9.45. The van der Waals surface area contributed by atoms with Gasteiger partial charge < -0.3 is 15.0 Å². The van der Waals surface area contributed by atoms with Crippen molar-refractivity contribution in [2.24, 2.45) is 0 Å². The van der Waals surface area contributed by atoms with E-state index < -0.39 is 0 Å². The lowest BCUT2D eigenvalue weighted by Gasteiger charge is -2.17. The Bertz CT molecular complexity index is 976. The third-order valence-electron chi connectivity index (χ3n) is 4.83. The van der Waals surface area contributed by atoms with E-state index in [9.17, 15) is 4.79 Å². The summed E-state index contributed by atoms with van der Waals surface area (Å²) in [5.74, 6) is 1.45. The molecule has 1 fully saturated rings. The van der Waals surface area contributed by atoms with Crippen molar-refractivity contribution in [1.29, 1.82) is 0 Å². The lowest BCUT2D eigenvalue weighted by molar-refractivity contribution is 0.0945. The monoisotopic (exact) mass is 365 g/mol. The number of hydrogen-bond donors (Lipinski definition) is 1. The Morgan fingerprint density at radius 2 is 2.04 bits per heavy atom. The molecule has 4 rings (SSSR count). The second kappa shape index (κ2) is 7.26. The maximum absolute atomic E-state index is 12.6. The number of nitrogens with zero attached hydrogens (tertiary/aromatic N) is 4. The maximum Gasteiger partial charge on any atom is 0.272 e. The van der Waals surface area contributed by atoms with E-state index in [2.05, 4.69) is 20.3 Å². The van der Waals surface area contributed by atoms with Gasteiger partial charge in [-0.2, -0.15) is 5.10 Å². The highest BCUT2D eigenvalue weighted by Crippen LogP contribution is 2.24. The van der Waals surface area contributed by atoms with Crippen LogP contribution in [0.4, 0.5) is 5.82 Å². The second-order valence-electron chi connectivity index (χ2n) is 6.75. The molecule has 0 atom stereocenters. The largest absolute Gasteiger partial charge is 0.496 e. The van der Waals surface area contributed by atoms with Gasteiger partial charge in [-0.15, -0.1) is 0 Å². The summed E-state index contributed by atoms with van der Waals surface area (Å²) >= 11 is 0. The van der Waals surface area contributed by atoms with Crippen LogP contribution in [0.5, 0.6) is 5.75 Å². The Balaban J connectivity index is 1.58. The van der Waals surface area contributed by atoms with Crippen molar-refractivity contribution in [2.45, 2.75) is 26.3 Å². The molecule has 27 heavy (non-hydrogen) atoms. The Labute approximate surface area is 158 Å². The number of hydrogen-bond acceptors (Lipinski definition) is 5. The minimum Gasteiger partial charge on any atom is -0.496 e. The Morgan fingerprint density at radius 1 is 1.26 bits per heavy atom. The fraction of sp³-hybridized carbons (Fsp3) is 0.350. The molecular formula is C20H23N5O2. The van der Waals surface area contributed by atoms with E-state index >= 15 is 0 Å². The molecular weight excluding hydrogens is 342 g/mol. The van der Waals surface area contributed by atoms with Gasteiger partial charge in [0, 0.05) is 31.3 Å². The molecule has 3 heterocycles. The maximum atomic E-state index is 12.6. The Hall–Kier alpha value is -3.09. The molecule has 1 amide bonds. The van der Waals surface area contributed by atoms with Crippen molar-refractivity contribution < 1.29 is 9.53 Å². The fourth-order valence-corrected chi connectivity index (χ4v) is 3.48. The molecule has 0 spiro atoms. The van der Waals surface area contributed by atoms with Gasteiger partial charge in [0.2, 0.25) is 0 Å². The zero-order valence-corrected chi connectivity index (χ0v) is 15.6. The number of carbonyl (C=O) groups excluding carboxylic acids is 1. The zero-order chi connectivity index (χ0) is 18.8. The number of nitrogens with one attached hydrogen (secondary N) is 1. The molecule has 7 nitrogen and oxygen atoms in total. The van der Waals surface area contributed by atoms with Gasteiger partial charge in [-0.1, -0.05) is 18.2 Å². The molecule has 0 saturated carbocycles. The molecule has 1 aliphatic rings. The topological polar surface area (TPSA) is 71.8 Å². The molecule has 2 aromatic heterocycles.